The van der Waals surface area contributed by atoms with Gasteiger partial charge in [0.2, 0.25) is 11.8 Å². The molecule has 0 amide bonds. The Morgan fingerprint density at radius 1 is 1.32 bits per heavy atom. The Labute approximate surface area is 134 Å². The average molecular weight is 306 g/mol. The minimum atomic E-state index is -0.106. The van der Waals surface area contributed by atoms with Crippen molar-refractivity contribution in [1.82, 2.24) is 10.2 Å². The fourth-order valence-electron chi connectivity index (χ4n) is 3.34. The first-order chi connectivity index (χ1) is 10.2. The standard InChI is InChI=1S/C18H30N2O2/c1-11(2)15-8-13(12(3)7-14(15)10-21)9-16-19-20-17(22-16)18(4,5)6/h7,11,13-15,21H,8-10H2,1-6H3. The van der Waals surface area contributed by atoms with Crippen LogP contribution in [-0.4, -0.2) is 21.9 Å². The van der Waals surface area contributed by atoms with Crippen molar-refractivity contribution in [3.05, 3.63) is 23.4 Å². The van der Waals surface area contributed by atoms with E-state index in [1.165, 1.54) is 5.57 Å². The van der Waals surface area contributed by atoms with Crippen LogP contribution in [0.2, 0.25) is 0 Å². The van der Waals surface area contributed by atoms with Crippen molar-refractivity contribution in [1.29, 1.82) is 0 Å². The molecule has 22 heavy (non-hydrogen) atoms. The van der Waals surface area contributed by atoms with E-state index in [1.807, 2.05) is 0 Å². The quantitative estimate of drug-likeness (QED) is 0.861. The number of nitrogens with zero attached hydrogens (tertiary/aromatic N) is 2. The summed E-state index contributed by atoms with van der Waals surface area (Å²) >= 11 is 0. The normalized spacial score (nSPS) is 26.4. The van der Waals surface area contributed by atoms with Crippen LogP contribution in [0.15, 0.2) is 16.1 Å². The third-order valence-corrected chi connectivity index (χ3v) is 4.82. The van der Waals surface area contributed by atoms with E-state index in [2.05, 4.69) is 57.8 Å². The molecular weight excluding hydrogens is 276 g/mol. The van der Waals surface area contributed by atoms with E-state index >= 15 is 0 Å². The lowest BCUT2D eigenvalue weighted by atomic mass is 9.70. The first-order valence-corrected chi connectivity index (χ1v) is 8.34. The first-order valence-electron chi connectivity index (χ1n) is 8.34. The van der Waals surface area contributed by atoms with Gasteiger partial charge in [-0.25, -0.2) is 0 Å². The molecule has 0 bridgehead atoms. The smallest absolute Gasteiger partial charge is 0.221 e. The Kier molecular flexibility index (Phi) is 5.10. The zero-order valence-electron chi connectivity index (χ0n) is 14.8. The van der Waals surface area contributed by atoms with Crippen LogP contribution < -0.4 is 0 Å². The highest BCUT2D eigenvalue weighted by Gasteiger charge is 2.32. The van der Waals surface area contributed by atoms with Gasteiger partial charge in [0.1, 0.15) is 0 Å². The summed E-state index contributed by atoms with van der Waals surface area (Å²) in [7, 11) is 0. The van der Waals surface area contributed by atoms with E-state index in [0.717, 1.165) is 18.7 Å². The summed E-state index contributed by atoms with van der Waals surface area (Å²) < 4.78 is 5.85. The van der Waals surface area contributed by atoms with Gasteiger partial charge in [0, 0.05) is 24.4 Å². The van der Waals surface area contributed by atoms with E-state index in [9.17, 15) is 5.11 Å². The van der Waals surface area contributed by atoms with Crippen LogP contribution in [0.4, 0.5) is 0 Å². The summed E-state index contributed by atoms with van der Waals surface area (Å²) in [5.41, 5.74) is 1.23. The number of aromatic nitrogens is 2. The average Bonchev–Trinajstić information content (AvgIpc) is 2.88. The Balaban J connectivity index is 2.14. The fraction of sp³-hybridized carbons (Fsp3) is 0.778. The lowest BCUT2D eigenvalue weighted by molar-refractivity contribution is 0.147. The molecule has 1 heterocycles. The minimum Gasteiger partial charge on any atom is -0.425 e. The van der Waals surface area contributed by atoms with E-state index in [0.29, 0.717) is 23.6 Å². The minimum absolute atomic E-state index is 0.106. The van der Waals surface area contributed by atoms with Gasteiger partial charge in [0.15, 0.2) is 0 Å². The summed E-state index contributed by atoms with van der Waals surface area (Å²) in [4.78, 5) is 0. The van der Waals surface area contributed by atoms with E-state index in [-0.39, 0.29) is 17.9 Å². The van der Waals surface area contributed by atoms with Crippen molar-refractivity contribution in [2.45, 2.75) is 59.8 Å². The molecule has 0 spiro atoms. The van der Waals surface area contributed by atoms with Gasteiger partial charge in [-0.3, -0.25) is 0 Å². The molecule has 4 nitrogen and oxygen atoms in total. The summed E-state index contributed by atoms with van der Waals surface area (Å²) in [6.45, 7) is 13.1. The Bertz CT molecular complexity index is 525. The zero-order chi connectivity index (χ0) is 16.5. The maximum Gasteiger partial charge on any atom is 0.221 e. The molecule has 0 aliphatic heterocycles. The van der Waals surface area contributed by atoms with Crippen molar-refractivity contribution < 1.29 is 9.52 Å². The number of hydrogen-bond acceptors (Lipinski definition) is 4. The van der Waals surface area contributed by atoms with Crippen LogP contribution in [0.1, 0.15) is 59.7 Å². The maximum absolute atomic E-state index is 9.61. The summed E-state index contributed by atoms with van der Waals surface area (Å²) in [5.74, 6) is 3.23. The third kappa shape index (κ3) is 3.78. The highest BCUT2D eigenvalue weighted by atomic mass is 16.4. The number of aliphatic hydroxyl groups is 1. The molecule has 1 aliphatic carbocycles. The molecule has 4 heteroatoms. The van der Waals surface area contributed by atoms with E-state index in [1.54, 1.807) is 0 Å². The molecule has 2 rings (SSSR count). The van der Waals surface area contributed by atoms with Crippen LogP contribution in [0.25, 0.3) is 0 Å². The predicted octanol–water partition coefficient (Wildman–Crippen LogP) is 3.76. The van der Waals surface area contributed by atoms with Crippen LogP contribution in [-0.2, 0) is 11.8 Å². The highest BCUT2D eigenvalue weighted by Crippen LogP contribution is 2.38. The molecule has 1 N–H and O–H groups in total. The number of hydrogen-bond donors (Lipinski definition) is 1. The number of allylic oxidation sites excluding steroid dienone is 1. The van der Waals surface area contributed by atoms with Crippen molar-refractivity contribution in [2.24, 2.45) is 23.7 Å². The second kappa shape index (κ2) is 6.53. The van der Waals surface area contributed by atoms with Crippen molar-refractivity contribution >= 4 is 0 Å². The molecule has 124 valence electrons. The van der Waals surface area contributed by atoms with Crippen LogP contribution in [0.5, 0.6) is 0 Å². The molecule has 0 saturated carbocycles. The largest absolute Gasteiger partial charge is 0.425 e. The molecule has 0 saturated heterocycles. The van der Waals surface area contributed by atoms with E-state index < -0.39 is 0 Å². The fourth-order valence-corrected chi connectivity index (χ4v) is 3.34. The summed E-state index contributed by atoms with van der Waals surface area (Å²) in [6.07, 6.45) is 4.13. The molecular formula is C18H30N2O2. The SMILES string of the molecule is CC1=CC(CO)C(C(C)C)CC1Cc1nnc(C(C)(C)C)o1. The molecule has 1 aliphatic rings. The molecule has 3 unspecified atom stereocenters. The molecule has 1 aromatic rings. The van der Waals surface area contributed by atoms with Gasteiger partial charge in [-0.05, 0) is 31.1 Å². The van der Waals surface area contributed by atoms with Gasteiger partial charge >= 0.3 is 0 Å². The van der Waals surface area contributed by atoms with Crippen molar-refractivity contribution in [3.63, 3.8) is 0 Å². The second-order valence-electron chi connectivity index (χ2n) is 8.05. The molecule has 0 radical (unpaired) electrons. The van der Waals surface area contributed by atoms with Gasteiger partial charge in [-0.1, -0.05) is 46.3 Å². The Morgan fingerprint density at radius 3 is 2.50 bits per heavy atom. The van der Waals surface area contributed by atoms with Crippen molar-refractivity contribution in [2.75, 3.05) is 6.61 Å². The summed E-state index contributed by atoms with van der Waals surface area (Å²) in [5, 5.41) is 18.0. The lowest BCUT2D eigenvalue weighted by Gasteiger charge is -2.36. The zero-order valence-corrected chi connectivity index (χ0v) is 14.8. The van der Waals surface area contributed by atoms with Gasteiger partial charge < -0.3 is 9.52 Å². The van der Waals surface area contributed by atoms with Gasteiger partial charge in [0.25, 0.3) is 0 Å². The highest BCUT2D eigenvalue weighted by molar-refractivity contribution is 5.14. The summed E-state index contributed by atoms with van der Waals surface area (Å²) in [6, 6.07) is 0. The monoisotopic (exact) mass is 306 g/mol. The van der Waals surface area contributed by atoms with Gasteiger partial charge in [-0.2, -0.15) is 0 Å². The van der Waals surface area contributed by atoms with E-state index in [4.69, 9.17) is 4.42 Å². The maximum atomic E-state index is 9.61. The topological polar surface area (TPSA) is 59.2 Å². The molecule has 0 aromatic carbocycles. The Morgan fingerprint density at radius 2 is 2.00 bits per heavy atom. The number of aliphatic hydroxyl groups excluding tert-OH is 1. The first kappa shape index (κ1) is 17.2. The van der Waals surface area contributed by atoms with Crippen molar-refractivity contribution in [3.8, 4) is 0 Å². The molecule has 3 atom stereocenters. The third-order valence-electron chi connectivity index (χ3n) is 4.82. The predicted molar refractivity (Wildman–Crippen MR) is 87.5 cm³/mol. The second-order valence-corrected chi connectivity index (χ2v) is 8.05. The van der Waals surface area contributed by atoms with Gasteiger partial charge in [0.05, 0.1) is 0 Å². The van der Waals surface area contributed by atoms with Crippen LogP contribution >= 0.6 is 0 Å². The van der Waals surface area contributed by atoms with Crippen LogP contribution in [0.3, 0.4) is 0 Å². The van der Waals surface area contributed by atoms with Gasteiger partial charge in [-0.15, -0.1) is 10.2 Å². The molecule has 0 fully saturated rings. The lowest BCUT2D eigenvalue weighted by Crippen LogP contribution is -2.30. The molecule has 1 aromatic heterocycles. The Hall–Kier alpha value is -1.16. The number of rotatable bonds is 4. The van der Waals surface area contributed by atoms with Crippen LogP contribution in [0, 0.1) is 23.7 Å².